The van der Waals surface area contributed by atoms with E-state index in [4.69, 9.17) is 16.3 Å². The third kappa shape index (κ3) is 5.69. The summed E-state index contributed by atoms with van der Waals surface area (Å²) in [7, 11) is 0. The summed E-state index contributed by atoms with van der Waals surface area (Å²) in [6, 6.07) is 17.3. The van der Waals surface area contributed by atoms with Crippen LogP contribution in [0.25, 0.3) is 22.2 Å². The minimum Gasteiger partial charge on any atom is -0.454 e. The van der Waals surface area contributed by atoms with Crippen molar-refractivity contribution < 1.29 is 28.8 Å². The highest BCUT2D eigenvalue weighted by Crippen LogP contribution is 2.42. The molecule has 228 valence electrons. The smallest absolute Gasteiger partial charge is 0.339 e. The van der Waals surface area contributed by atoms with Gasteiger partial charge in [0.2, 0.25) is 17.6 Å². The fraction of sp³-hybridized carbons (Fsp3) is 0.265. The first-order valence-corrected chi connectivity index (χ1v) is 14.9. The topological polar surface area (TPSA) is 137 Å². The zero-order valence-corrected chi connectivity index (χ0v) is 25.2. The van der Waals surface area contributed by atoms with E-state index in [1.165, 1.54) is 23.1 Å². The van der Waals surface area contributed by atoms with Crippen molar-refractivity contribution in [1.29, 1.82) is 0 Å². The molecule has 0 N–H and O–H groups in total. The van der Waals surface area contributed by atoms with Crippen LogP contribution in [-0.2, 0) is 14.3 Å². The minimum atomic E-state index is -0.803. The summed E-state index contributed by atoms with van der Waals surface area (Å²) in [5.41, 5.74) is 2.35. The maximum absolute atomic E-state index is 13.3. The van der Waals surface area contributed by atoms with Crippen molar-refractivity contribution in [2.75, 3.05) is 11.5 Å². The number of amides is 2. The Morgan fingerprint density at radius 2 is 1.73 bits per heavy atom. The van der Waals surface area contributed by atoms with Crippen LogP contribution in [-0.4, -0.2) is 40.1 Å². The van der Waals surface area contributed by atoms with E-state index in [0.717, 1.165) is 12.5 Å². The molecule has 1 saturated carbocycles. The predicted octanol–water partition coefficient (Wildman–Crippen LogP) is 6.74. The minimum absolute atomic E-state index is 0.0484. The number of Topliss-reactive ketones (excluding diaryl/α,β-unsaturated/α-hetero) is 1. The number of imide groups is 1. The number of nitro benzene ring substituents is 1. The summed E-state index contributed by atoms with van der Waals surface area (Å²) in [4.78, 5) is 69.1. The number of carbonyl (C=O) groups is 4. The van der Waals surface area contributed by atoms with Gasteiger partial charge in [-0.25, -0.2) is 9.78 Å². The van der Waals surface area contributed by atoms with Gasteiger partial charge in [0.1, 0.15) is 0 Å². The van der Waals surface area contributed by atoms with E-state index in [9.17, 15) is 29.3 Å². The Kier molecular flexibility index (Phi) is 7.92. The maximum Gasteiger partial charge on any atom is 0.339 e. The molecule has 4 aromatic rings. The van der Waals surface area contributed by atoms with Crippen LogP contribution in [0.15, 0.2) is 66.7 Å². The van der Waals surface area contributed by atoms with E-state index in [2.05, 4.69) is 11.9 Å². The summed E-state index contributed by atoms with van der Waals surface area (Å²) in [6.07, 6.45) is 2.36. The Labute approximate surface area is 263 Å². The number of rotatable bonds is 7. The molecule has 10 nitrogen and oxygen atoms in total. The number of pyridine rings is 1. The fourth-order valence-corrected chi connectivity index (χ4v) is 6.38. The molecule has 45 heavy (non-hydrogen) atoms. The first-order valence-electron chi connectivity index (χ1n) is 14.6. The van der Waals surface area contributed by atoms with Gasteiger partial charge in [-0.2, -0.15) is 0 Å². The monoisotopic (exact) mass is 625 g/mol. The Balaban J connectivity index is 1.26. The second-order valence-electron chi connectivity index (χ2n) is 11.7. The Morgan fingerprint density at radius 1 is 1.00 bits per heavy atom. The van der Waals surface area contributed by atoms with Gasteiger partial charge in [-0.3, -0.25) is 29.4 Å². The van der Waals surface area contributed by atoms with Crippen molar-refractivity contribution in [2.24, 2.45) is 17.8 Å². The largest absolute Gasteiger partial charge is 0.454 e. The molecule has 2 aliphatic rings. The lowest BCUT2D eigenvalue weighted by molar-refractivity contribution is -0.385. The standard InChI is InChI=1S/C34H28ClN3O7/c1-18-3-11-24-26(13-18)33(41)37(32(24)40)23-9-6-20(7-10-23)29-16-27(25-15-22(35)8-12-28(25)36-29)34(42)45-17-31(39)21-5-4-19(2)30(14-21)38(43)44/h4-10,12,14-16,18,24,26H,3,11,13,17H2,1-2H3. The van der Waals surface area contributed by atoms with Gasteiger partial charge in [-0.05, 0) is 68.5 Å². The van der Waals surface area contributed by atoms with Gasteiger partial charge in [0.25, 0.3) is 5.69 Å². The number of aromatic nitrogens is 1. The second-order valence-corrected chi connectivity index (χ2v) is 12.1. The molecule has 0 bridgehead atoms. The number of aryl methyl sites for hydroxylation is 1. The van der Waals surface area contributed by atoms with E-state index in [-0.39, 0.29) is 40.5 Å². The molecule has 1 aliphatic carbocycles. The quantitative estimate of drug-likeness (QED) is 0.0724. The van der Waals surface area contributed by atoms with Crippen molar-refractivity contribution in [3.05, 3.63) is 98.6 Å². The molecule has 0 spiro atoms. The number of nitrogens with zero attached hydrogens (tertiary/aromatic N) is 3. The van der Waals surface area contributed by atoms with Gasteiger partial charge in [0.05, 0.1) is 39.2 Å². The van der Waals surface area contributed by atoms with Crippen LogP contribution in [0.4, 0.5) is 11.4 Å². The second kappa shape index (κ2) is 11.9. The van der Waals surface area contributed by atoms with E-state index in [1.54, 1.807) is 49.4 Å². The van der Waals surface area contributed by atoms with Crippen LogP contribution in [0.5, 0.6) is 0 Å². The number of benzene rings is 3. The molecule has 1 aromatic heterocycles. The third-order valence-electron chi connectivity index (χ3n) is 8.66. The van der Waals surface area contributed by atoms with E-state index in [1.807, 2.05) is 0 Å². The summed E-state index contributed by atoms with van der Waals surface area (Å²) >= 11 is 6.22. The van der Waals surface area contributed by atoms with Gasteiger partial charge in [-0.15, -0.1) is 0 Å². The Morgan fingerprint density at radius 3 is 2.47 bits per heavy atom. The van der Waals surface area contributed by atoms with Crippen molar-refractivity contribution in [3.8, 4) is 11.3 Å². The number of esters is 1. The fourth-order valence-electron chi connectivity index (χ4n) is 6.21. The number of hydrogen-bond acceptors (Lipinski definition) is 8. The van der Waals surface area contributed by atoms with Gasteiger partial charge in [0.15, 0.2) is 6.61 Å². The molecule has 6 rings (SSSR count). The number of hydrogen-bond donors (Lipinski definition) is 0. The molecule has 11 heteroatoms. The molecule has 3 aromatic carbocycles. The van der Waals surface area contributed by atoms with Crippen molar-refractivity contribution in [1.82, 2.24) is 4.98 Å². The highest BCUT2D eigenvalue weighted by Gasteiger charge is 2.49. The first kappa shape index (κ1) is 30.1. The molecule has 1 aliphatic heterocycles. The molecule has 2 amide bonds. The van der Waals surface area contributed by atoms with Gasteiger partial charge in [0, 0.05) is 33.2 Å². The summed E-state index contributed by atoms with van der Waals surface area (Å²) < 4.78 is 5.37. The van der Waals surface area contributed by atoms with E-state index >= 15 is 0 Å². The lowest BCUT2D eigenvalue weighted by Gasteiger charge is -2.25. The van der Waals surface area contributed by atoms with E-state index in [0.29, 0.717) is 57.2 Å². The number of ether oxygens (including phenoxy) is 1. The number of fused-ring (bicyclic) bond motifs is 2. The molecule has 0 radical (unpaired) electrons. The number of carbonyl (C=O) groups excluding carboxylic acids is 4. The summed E-state index contributed by atoms with van der Waals surface area (Å²) in [5.74, 6) is -1.88. The number of anilines is 1. The zero-order chi connectivity index (χ0) is 32.0. The average molecular weight is 626 g/mol. The molecule has 2 heterocycles. The van der Waals surface area contributed by atoms with Crippen LogP contribution >= 0.6 is 11.6 Å². The zero-order valence-electron chi connectivity index (χ0n) is 24.5. The van der Waals surface area contributed by atoms with Gasteiger partial charge < -0.3 is 4.74 Å². The number of halogens is 1. The SMILES string of the molecule is Cc1ccc(C(=O)COC(=O)c2cc(-c3ccc(N4C(=O)C5CCC(C)CC5C4=O)cc3)nc3ccc(Cl)cc23)cc1[N+](=O)[O-]. The molecule has 3 atom stereocenters. The first-order chi connectivity index (χ1) is 21.5. The van der Waals surface area contributed by atoms with Crippen LogP contribution < -0.4 is 4.90 Å². The van der Waals surface area contributed by atoms with Crippen molar-refractivity contribution in [2.45, 2.75) is 33.1 Å². The maximum atomic E-state index is 13.3. The highest BCUT2D eigenvalue weighted by atomic mass is 35.5. The predicted molar refractivity (Wildman–Crippen MR) is 167 cm³/mol. The molecular weight excluding hydrogens is 598 g/mol. The lowest BCUT2D eigenvalue weighted by Crippen LogP contribution is -2.30. The summed E-state index contributed by atoms with van der Waals surface area (Å²) in [5, 5.41) is 12.1. The average Bonchev–Trinajstić information content (AvgIpc) is 3.27. The lowest BCUT2D eigenvalue weighted by atomic mass is 9.76. The number of nitro groups is 1. The van der Waals surface area contributed by atoms with Gasteiger partial charge in [-0.1, -0.05) is 42.8 Å². The van der Waals surface area contributed by atoms with Crippen molar-refractivity contribution in [3.63, 3.8) is 0 Å². The van der Waals surface area contributed by atoms with Gasteiger partial charge >= 0.3 is 5.97 Å². The highest BCUT2D eigenvalue weighted by molar-refractivity contribution is 6.31. The summed E-state index contributed by atoms with van der Waals surface area (Å²) in [6.45, 7) is 3.04. The normalized spacial score (nSPS) is 19.4. The van der Waals surface area contributed by atoms with Crippen LogP contribution in [0.1, 0.15) is 52.5 Å². The third-order valence-corrected chi connectivity index (χ3v) is 8.90. The molecule has 3 unspecified atom stereocenters. The van der Waals surface area contributed by atoms with Crippen LogP contribution in [0.2, 0.25) is 5.02 Å². The Bertz CT molecular complexity index is 1910. The van der Waals surface area contributed by atoms with Crippen LogP contribution in [0.3, 0.4) is 0 Å². The molecule has 1 saturated heterocycles. The van der Waals surface area contributed by atoms with Crippen molar-refractivity contribution >= 4 is 57.4 Å². The van der Waals surface area contributed by atoms with E-state index < -0.39 is 23.3 Å². The molecule has 2 fully saturated rings. The molecular formula is C34H28ClN3O7. The van der Waals surface area contributed by atoms with Crippen LogP contribution in [0, 0.1) is 34.8 Å². The Hall–Kier alpha value is -4.96. The number of ketones is 1.